The van der Waals surface area contributed by atoms with E-state index in [9.17, 15) is 4.79 Å². The van der Waals surface area contributed by atoms with E-state index in [0.29, 0.717) is 5.82 Å². The molecule has 0 bridgehead atoms. The average Bonchev–Trinajstić information content (AvgIpc) is 3.49. The predicted molar refractivity (Wildman–Crippen MR) is 125 cm³/mol. The SMILES string of the molecule is O=C(Cc1nc2ccccc2[nH]1)Nc1cc(-c2cc3ccccc3s2)c2[nH]ncc2c1. The summed E-state index contributed by atoms with van der Waals surface area (Å²) in [6.07, 6.45) is 1.96. The van der Waals surface area contributed by atoms with Crippen LogP contribution < -0.4 is 5.32 Å². The second kappa shape index (κ2) is 7.07. The molecular weight excluding hydrogens is 406 g/mol. The van der Waals surface area contributed by atoms with E-state index in [4.69, 9.17) is 0 Å². The number of fused-ring (bicyclic) bond motifs is 3. The van der Waals surface area contributed by atoms with Gasteiger partial charge < -0.3 is 10.3 Å². The van der Waals surface area contributed by atoms with Crippen LogP contribution in [0.2, 0.25) is 0 Å². The Bertz CT molecular complexity index is 1510. The molecule has 6 aromatic rings. The van der Waals surface area contributed by atoms with Gasteiger partial charge in [0.25, 0.3) is 0 Å². The van der Waals surface area contributed by atoms with Crippen molar-refractivity contribution < 1.29 is 4.79 Å². The molecule has 3 aromatic carbocycles. The molecule has 0 atom stereocenters. The Morgan fingerprint density at radius 2 is 1.87 bits per heavy atom. The molecule has 0 aliphatic heterocycles. The van der Waals surface area contributed by atoms with E-state index in [0.717, 1.165) is 38.1 Å². The minimum absolute atomic E-state index is 0.121. The molecule has 3 heterocycles. The maximum atomic E-state index is 12.7. The normalized spacial score (nSPS) is 11.5. The van der Waals surface area contributed by atoms with E-state index in [2.05, 4.69) is 43.7 Å². The van der Waals surface area contributed by atoms with Crippen molar-refractivity contribution in [1.82, 2.24) is 20.2 Å². The highest BCUT2D eigenvalue weighted by Crippen LogP contribution is 2.38. The maximum absolute atomic E-state index is 12.7. The van der Waals surface area contributed by atoms with Crippen molar-refractivity contribution in [3.8, 4) is 10.4 Å². The highest BCUT2D eigenvalue weighted by atomic mass is 32.1. The maximum Gasteiger partial charge on any atom is 0.231 e. The Morgan fingerprint density at radius 3 is 2.77 bits per heavy atom. The zero-order valence-corrected chi connectivity index (χ0v) is 17.2. The highest BCUT2D eigenvalue weighted by Gasteiger charge is 2.14. The van der Waals surface area contributed by atoms with Crippen LogP contribution in [0.15, 0.2) is 72.9 Å². The van der Waals surface area contributed by atoms with Crippen LogP contribution in [-0.2, 0) is 11.2 Å². The van der Waals surface area contributed by atoms with Gasteiger partial charge in [-0.15, -0.1) is 11.3 Å². The molecule has 0 spiro atoms. The van der Waals surface area contributed by atoms with Crippen LogP contribution in [0.1, 0.15) is 5.82 Å². The zero-order chi connectivity index (χ0) is 20.8. The van der Waals surface area contributed by atoms with Gasteiger partial charge in [-0.25, -0.2) is 4.98 Å². The number of nitrogens with one attached hydrogen (secondary N) is 3. The summed E-state index contributed by atoms with van der Waals surface area (Å²) in [4.78, 5) is 21.6. The van der Waals surface area contributed by atoms with E-state index in [1.807, 2.05) is 48.5 Å². The van der Waals surface area contributed by atoms with Gasteiger partial charge in [-0.2, -0.15) is 5.10 Å². The standard InChI is InChI=1S/C24H17N5OS/c30-23(12-22-27-18-6-2-3-7-19(18)28-22)26-16-9-15-13-25-29-24(15)17(11-16)21-10-14-5-1-4-8-20(14)31-21/h1-11,13H,12H2,(H,25,29)(H,26,30)(H,27,28). The molecule has 6 nitrogen and oxygen atoms in total. The Morgan fingerprint density at radius 1 is 1.00 bits per heavy atom. The van der Waals surface area contributed by atoms with Gasteiger partial charge in [0.05, 0.1) is 29.2 Å². The first kappa shape index (κ1) is 17.9. The summed E-state index contributed by atoms with van der Waals surface area (Å²) in [5.41, 5.74) is 4.51. The van der Waals surface area contributed by atoms with Gasteiger partial charge in [0, 0.05) is 26.2 Å². The van der Waals surface area contributed by atoms with Gasteiger partial charge in [-0.05, 0) is 41.8 Å². The molecule has 0 radical (unpaired) electrons. The predicted octanol–water partition coefficient (Wildman–Crippen LogP) is 5.50. The van der Waals surface area contributed by atoms with Gasteiger partial charge >= 0.3 is 0 Å². The number of para-hydroxylation sites is 2. The molecule has 7 heteroatoms. The van der Waals surface area contributed by atoms with E-state index >= 15 is 0 Å². The molecule has 6 rings (SSSR count). The number of thiophene rings is 1. The molecule has 150 valence electrons. The Kier molecular flexibility index (Phi) is 4.07. The van der Waals surface area contributed by atoms with Gasteiger partial charge in [0.15, 0.2) is 0 Å². The third-order valence-corrected chi connectivity index (χ3v) is 6.44. The van der Waals surface area contributed by atoms with Crippen molar-refractivity contribution in [2.45, 2.75) is 6.42 Å². The summed E-state index contributed by atoms with van der Waals surface area (Å²) in [5.74, 6) is 0.525. The number of hydrogen-bond donors (Lipinski definition) is 3. The minimum atomic E-state index is -0.121. The van der Waals surface area contributed by atoms with Crippen LogP contribution >= 0.6 is 11.3 Å². The van der Waals surface area contributed by atoms with Crippen LogP contribution in [0, 0.1) is 0 Å². The molecule has 0 saturated carbocycles. The minimum Gasteiger partial charge on any atom is -0.342 e. The summed E-state index contributed by atoms with van der Waals surface area (Å²) in [5, 5.41) is 12.5. The first-order chi connectivity index (χ1) is 15.2. The largest absolute Gasteiger partial charge is 0.342 e. The first-order valence-corrected chi connectivity index (χ1v) is 10.7. The quantitative estimate of drug-likeness (QED) is 0.350. The molecule has 0 saturated heterocycles. The molecule has 31 heavy (non-hydrogen) atoms. The smallest absolute Gasteiger partial charge is 0.231 e. The average molecular weight is 424 g/mol. The number of anilines is 1. The highest BCUT2D eigenvalue weighted by molar-refractivity contribution is 7.22. The lowest BCUT2D eigenvalue weighted by molar-refractivity contribution is -0.115. The summed E-state index contributed by atoms with van der Waals surface area (Å²) in [6, 6.07) is 22.2. The third kappa shape index (κ3) is 3.25. The van der Waals surface area contributed by atoms with E-state index in [1.165, 1.54) is 10.1 Å². The molecule has 0 fully saturated rings. The van der Waals surface area contributed by atoms with Gasteiger partial charge in [0.2, 0.25) is 5.91 Å². The molecule has 3 N–H and O–H groups in total. The van der Waals surface area contributed by atoms with Gasteiger partial charge in [-0.3, -0.25) is 9.89 Å². The zero-order valence-electron chi connectivity index (χ0n) is 16.3. The third-order valence-electron chi connectivity index (χ3n) is 5.29. The fourth-order valence-electron chi connectivity index (χ4n) is 3.89. The van der Waals surface area contributed by atoms with Crippen LogP contribution in [-0.4, -0.2) is 26.1 Å². The van der Waals surface area contributed by atoms with Crippen molar-refractivity contribution in [1.29, 1.82) is 0 Å². The van der Waals surface area contributed by atoms with Crippen molar-refractivity contribution >= 4 is 55.0 Å². The summed E-state index contributed by atoms with van der Waals surface area (Å²) >= 11 is 1.73. The summed E-state index contributed by atoms with van der Waals surface area (Å²) in [6.45, 7) is 0. The van der Waals surface area contributed by atoms with Gasteiger partial charge in [-0.1, -0.05) is 30.3 Å². The molecule has 0 aliphatic rings. The molecular formula is C24H17N5OS. The van der Waals surface area contributed by atoms with Crippen molar-refractivity contribution in [2.75, 3.05) is 5.32 Å². The fraction of sp³-hybridized carbons (Fsp3) is 0.0417. The molecule has 0 unspecified atom stereocenters. The van der Waals surface area contributed by atoms with Crippen LogP contribution in [0.25, 0.3) is 42.5 Å². The van der Waals surface area contributed by atoms with Crippen molar-refractivity contribution in [2.24, 2.45) is 0 Å². The number of amides is 1. The first-order valence-electron chi connectivity index (χ1n) is 9.92. The van der Waals surface area contributed by atoms with Gasteiger partial charge in [0.1, 0.15) is 5.82 Å². The van der Waals surface area contributed by atoms with E-state index in [-0.39, 0.29) is 12.3 Å². The number of hydrogen-bond acceptors (Lipinski definition) is 4. The van der Waals surface area contributed by atoms with Crippen molar-refractivity contribution in [3.63, 3.8) is 0 Å². The van der Waals surface area contributed by atoms with Crippen LogP contribution in [0.4, 0.5) is 5.69 Å². The number of carbonyl (C=O) groups excluding carboxylic acids is 1. The van der Waals surface area contributed by atoms with E-state index < -0.39 is 0 Å². The topological polar surface area (TPSA) is 86.5 Å². The molecule has 1 amide bonds. The number of aromatic nitrogens is 4. The fourth-order valence-corrected chi connectivity index (χ4v) is 4.97. The number of carbonyl (C=O) groups is 1. The van der Waals surface area contributed by atoms with Crippen LogP contribution in [0.3, 0.4) is 0 Å². The second-order valence-electron chi connectivity index (χ2n) is 7.43. The Labute approximate surface area is 180 Å². The number of nitrogens with zero attached hydrogens (tertiary/aromatic N) is 2. The number of rotatable bonds is 4. The second-order valence-corrected chi connectivity index (χ2v) is 8.52. The number of imidazole rings is 1. The van der Waals surface area contributed by atoms with Crippen LogP contribution in [0.5, 0.6) is 0 Å². The number of aromatic amines is 2. The Hall–Kier alpha value is -3.97. The summed E-state index contributed by atoms with van der Waals surface area (Å²) < 4.78 is 1.23. The lowest BCUT2D eigenvalue weighted by Gasteiger charge is -2.08. The lowest BCUT2D eigenvalue weighted by Crippen LogP contribution is -2.15. The Balaban J connectivity index is 1.33. The molecule has 3 aromatic heterocycles. The summed E-state index contributed by atoms with van der Waals surface area (Å²) in [7, 11) is 0. The molecule has 0 aliphatic carbocycles. The lowest BCUT2D eigenvalue weighted by atomic mass is 10.1. The monoisotopic (exact) mass is 423 g/mol. The van der Waals surface area contributed by atoms with E-state index in [1.54, 1.807) is 17.5 Å². The number of benzene rings is 3. The van der Waals surface area contributed by atoms with Crippen molar-refractivity contribution in [3.05, 3.63) is 78.8 Å². The number of H-pyrrole nitrogens is 2.